The third-order valence-electron chi connectivity index (χ3n) is 3.19. The highest BCUT2D eigenvalue weighted by molar-refractivity contribution is 5.19. The van der Waals surface area contributed by atoms with Crippen LogP contribution >= 0.6 is 0 Å². The van der Waals surface area contributed by atoms with Crippen molar-refractivity contribution in [3.8, 4) is 0 Å². The van der Waals surface area contributed by atoms with Crippen LogP contribution in [-0.2, 0) is 12.8 Å². The van der Waals surface area contributed by atoms with Gasteiger partial charge in [0.25, 0.3) is 0 Å². The Morgan fingerprint density at radius 3 is 2.65 bits per heavy atom. The maximum absolute atomic E-state index is 12.8. The fourth-order valence-corrected chi connectivity index (χ4v) is 2.09. The van der Waals surface area contributed by atoms with Gasteiger partial charge >= 0.3 is 0 Å². The summed E-state index contributed by atoms with van der Waals surface area (Å²) in [7, 11) is 0. The minimum absolute atomic E-state index is 0.237. The SMILES string of the molecule is CCNC(CC)Cc1nc(Cc2ccc(F)cc2)no1. The molecule has 0 amide bonds. The predicted octanol–water partition coefficient (Wildman–Crippen LogP) is 2.73. The zero-order valence-corrected chi connectivity index (χ0v) is 11.9. The Balaban J connectivity index is 1.96. The number of halogens is 1. The molecule has 0 radical (unpaired) electrons. The van der Waals surface area contributed by atoms with Gasteiger partial charge in [-0.3, -0.25) is 0 Å². The molecule has 0 bridgehead atoms. The van der Waals surface area contributed by atoms with Crippen molar-refractivity contribution in [3.63, 3.8) is 0 Å². The van der Waals surface area contributed by atoms with Crippen molar-refractivity contribution in [2.75, 3.05) is 6.54 Å². The fraction of sp³-hybridized carbons (Fsp3) is 0.467. The maximum Gasteiger partial charge on any atom is 0.228 e. The molecule has 0 spiro atoms. The van der Waals surface area contributed by atoms with Gasteiger partial charge in [-0.25, -0.2) is 4.39 Å². The van der Waals surface area contributed by atoms with Gasteiger partial charge in [-0.05, 0) is 30.7 Å². The summed E-state index contributed by atoms with van der Waals surface area (Å²) >= 11 is 0. The molecule has 2 aromatic rings. The Bertz CT molecular complexity index is 524. The monoisotopic (exact) mass is 277 g/mol. The number of hydrogen-bond donors (Lipinski definition) is 1. The third kappa shape index (κ3) is 4.13. The first-order valence-electron chi connectivity index (χ1n) is 7.00. The van der Waals surface area contributed by atoms with Gasteiger partial charge in [0.15, 0.2) is 5.82 Å². The zero-order valence-electron chi connectivity index (χ0n) is 11.9. The molecule has 1 unspecified atom stereocenters. The molecule has 1 heterocycles. The van der Waals surface area contributed by atoms with Crippen molar-refractivity contribution >= 4 is 0 Å². The van der Waals surface area contributed by atoms with Crippen LogP contribution in [0.1, 0.15) is 37.5 Å². The van der Waals surface area contributed by atoms with Gasteiger partial charge < -0.3 is 9.84 Å². The summed E-state index contributed by atoms with van der Waals surface area (Å²) in [5.74, 6) is 1.05. The zero-order chi connectivity index (χ0) is 14.4. The van der Waals surface area contributed by atoms with Crippen LogP contribution in [0.25, 0.3) is 0 Å². The molecular formula is C15H20FN3O. The first-order valence-corrected chi connectivity index (χ1v) is 7.00. The summed E-state index contributed by atoms with van der Waals surface area (Å²) in [6.07, 6.45) is 2.31. The van der Waals surface area contributed by atoms with E-state index in [-0.39, 0.29) is 5.82 Å². The number of likely N-dealkylation sites (N-methyl/N-ethyl adjacent to an activating group) is 1. The Kier molecular flexibility index (Phi) is 5.24. The Hall–Kier alpha value is -1.75. The van der Waals surface area contributed by atoms with Crippen molar-refractivity contribution in [2.24, 2.45) is 0 Å². The summed E-state index contributed by atoms with van der Waals surface area (Å²) in [6, 6.07) is 6.71. The minimum Gasteiger partial charge on any atom is -0.339 e. The van der Waals surface area contributed by atoms with Gasteiger partial charge in [-0.2, -0.15) is 4.98 Å². The lowest BCUT2D eigenvalue weighted by atomic mass is 10.1. The van der Waals surface area contributed by atoms with Gasteiger partial charge in [0.1, 0.15) is 5.82 Å². The van der Waals surface area contributed by atoms with Crippen LogP contribution in [0.2, 0.25) is 0 Å². The molecule has 1 N–H and O–H groups in total. The van der Waals surface area contributed by atoms with E-state index in [9.17, 15) is 4.39 Å². The number of hydrogen-bond acceptors (Lipinski definition) is 4. The highest BCUT2D eigenvalue weighted by Gasteiger charge is 2.12. The Labute approximate surface area is 118 Å². The van der Waals surface area contributed by atoms with E-state index in [1.807, 2.05) is 0 Å². The third-order valence-corrected chi connectivity index (χ3v) is 3.19. The summed E-state index contributed by atoms with van der Waals surface area (Å²) in [6.45, 7) is 5.13. The summed E-state index contributed by atoms with van der Waals surface area (Å²) < 4.78 is 18.1. The second kappa shape index (κ2) is 7.14. The Morgan fingerprint density at radius 2 is 2.00 bits per heavy atom. The molecule has 0 saturated carbocycles. The van der Waals surface area contributed by atoms with Gasteiger partial charge in [0.05, 0.1) is 0 Å². The van der Waals surface area contributed by atoms with Crippen molar-refractivity contribution in [3.05, 3.63) is 47.4 Å². The van der Waals surface area contributed by atoms with Crippen LogP contribution in [0.15, 0.2) is 28.8 Å². The molecule has 108 valence electrons. The number of nitrogens with one attached hydrogen (secondary N) is 1. The van der Waals surface area contributed by atoms with E-state index in [4.69, 9.17) is 4.52 Å². The van der Waals surface area contributed by atoms with Gasteiger partial charge in [-0.15, -0.1) is 0 Å². The molecule has 1 atom stereocenters. The van der Waals surface area contributed by atoms with E-state index in [1.54, 1.807) is 12.1 Å². The van der Waals surface area contributed by atoms with E-state index >= 15 is 0 Å². The molecule has 5 heteroatoms. The predicted molar refractivity (Wildman–Crippen MR) is 75.0 cm³/mol. The highest BCUT2D eigenvalue weighted by Crippen LogP contribution is 2.10. The number of rotatable bonds is 7. The average molecular weight is 277 g/mol. The standard InChI is InChI=1S/C15H20FN3O/c1-3-13(17-4-2)10-15-18-14(19-20-15)9-11-5-7-12(16)8-6-11/h5-8,13,17H,3-4,9-10H2,1-2H3. The van der Waals surface area contributed by atoms with Crippen LogP contribution in [0.5, 0.6) is 0 Å². The van der Waals surface area contributed by atoms with Crippen molar-refractivity contribution in [1.82, 2.24) is 15.5 Å². The van der Waals surface area contributed by atoms with E-state index < -0.39 is 0 Å². The van der Waals surface area contributed by atoms with Crippen LogP contribution in [0, 0.1) is 5.82 Å². The highest BCUT2D eigenvalue weighted by atomic mass is 19.1. The van der Waals surface area contributed by atoms with Crippen LogP contribution in [-0.4, -0.2) is 22.7 Å². The molecule has 1 aromatic carbocycles. The number of benzene rings is 1. The molecule has 0 saturated heterocycles. The van der Waals surface area contributed by atoms with E-state index in [0.29, 0.717) is 24.2 Å². The second-order valence-electron chi connectivity index (χ2n) is 4.77. The lowest BCUT2D eigenvalue weighted by Crippen LogP contribution is -2.30. The minimum atomic E-state index is -0.237. The summed E-state index contributed by atoms with van der Waals surface area (Å²) in [4.78, 5) is 4.39. The van der Waals surface area contributed by atoms with Crippen molar-refractivity contribution in [2.45, 2.75) is 39.2 Å². The largest absolute Gasteiger partial charge is 0.339 e. The van der Waals surface area contributed by atoms with Gasteiger partial charge in [0.2, 0.25) is 5.89 Å². The average Bonchev–Trinajstić information content (AvgIpc) is 2.88. The first kappa shape index (κ1) is 14.7. The molecule has 1 aromatic heterocycles. The lowest BCUT2D eigenvalue weighted by Gasteiger charge is -2.12. The summed E-state index contributed by atoms with van der Waals surface area (Å²) in [5.41, 5.74) is 0.970. The first-order chi connectivity index (χ1) is 9.71. The molecule has 4 nitrogen and oxygen atoms in total. The van der Waals surface area contributed by atoms with Gasteiger partial charge in [0, 0.05) is 18.9 Å². The van der Waals surface area contributed by atoms with Crippen LogP contribution < -0.4 is 5.32 Å². The van der Waals surface area contributed by atoms with Crippen molar-refractivity contribution < 1.29 is 8.91 Å². The number of aromatic nitrogens is 2. The maximum atomic E-state index is 12.8. The molecular weight excluding hydrogens is 257 g/mol. The van der Waals surface area contributed by atoms with E-state index in [2.05, 4.69) is 29.3 Å². The smallest absolute Gasteiger partial charge is 0.228 e. The molecule has 0 aliphatic carbocycles. The van der Waals surface area contributed by atoms with Crippen molar-refractivity contribution in [1.29, 1.82) is 0 Å². The lowest BCUT2D eigenvalue weighted by molar-refractivity contribution is 0.352. The van der Waals surface area contributed by atoms with Crippen LogP contribution in [0.3, 0.4) is 0 Å². The normalized spacial score (nSPS) is 12.6. The molecule has 0 aliphatic heterocycles. The Morgan fingerprint density at radius 1 is 1.25 bits per heavy atom. The summed E-state index contributed by atoms with van der Waals surface area (Å²) in [5, 5.41) is 7.35. The topological polar surface area (TPSA) is 51.0 Å². The van der Waals surface area contributed by atoms with E-state index in [1.165, 1.54) is 12.1 Å². The van der Waals surface area contributed by atoms with E-state index in [0.717, 1.165) is 24.9 Å². The fourth-order valence-electron chi connectivity index (χ4n) is 2.09. The quantitative estimate of drug-likeness (QED) is 0.845. The molecule has 2 rings (SSSR count). The molecule has 0 aliphatic rings. The second-order valence-corrected chi connectivity index (χ2v) is 4.77. The van der Waals surface area contributed by atoms with Gasteiger partial charge in [-0.1, -0.05) is 31.1 Å². The molecule has 20 heavy (non-hydrogen) atoms. The molecule has 0 fully saturated rings. The number of nitrogens with zero attached hydrogens (tertiary/aromatic N) is 2. The van der Waals surface area contributed by atoms with Crippen LogP contribution in [0.4, 0.5) is 4.39 Å².